The molecule has 0 bridgehead atoms. The number of benzene rings is 2. The second-order valence-corrected chi connectivity index (χ2v) is 6.32. The molecule has 0 aliphatic rings. The van der Waals surface area contributed by atoms with Crippen molar-refractivity contribution in [3.8, 4) is 5.75 Å². The summed E-state index contributed by atoms with van der Waals surface area (Å²) in [7, 11) is 0. The van der Waals surface area contributed by atoms with Crippen molar-refractivity contribution in [1.82, 2.24) is 9.97 Å². The van der Waals surface area contributed by atoms with Crippen LogP contribution in [0.4, 0.5) is 4.39 Å². The van der Waals surface area contributed by atoms with Crippen LogP contribution >= 0.6 is 23.4 Å². The van der Waals surface area contributed by atoms with E-state index in [2.05, 4.69) is 9.97 Å². The minimum atomic E-state index is -0.651. The van der Waals surface area contributed by atoms with Crippen LogP contribution in [0.5, 0.6) is 5.75 Å². The molecule has 0 N–H and O–H groups in total. The van der Waals surface area contributed by atoms with E-state index in [9.17, 15) is 9.18 Å². The predicted octanol–water partition coefficient (Wildman–Crippen LogP) is 4.78. The average Bonchev–Trinajstić information content (AvgIpc) is 2.63. The van der Waals surface area contributed by atoms with Gasteiger partial charge in [-0.1, -0.05) is 53.7 Å². The lowest BCUT2D eigenvalue weighted by atomic mass is 10.2. The van der Waals surface area contributed by atoms with Crippen molar-refractivity contribution in [2.75, 3.05) is 0 Å². The number of carbonyl (C=O) groups is 1. The molecular formula is C18H12ClFN2O2S. The van der Waals surface area contributed by atoms with Crippen molar-refractivity contribution in [2.45, 2.75) is 10.9 Å². The SMILES string of the molecule is O=C(Oc1ccccc1)c1nc(SCc2ccc(F)cc2)ncc1Cl. The van der Waals surface area contributed by atoms with E-state index < -0.39 is 5.97 Å². The Kier molecular flexibility index (Phi) is 5.63. The van der Waals surface area contributed by atoms with Gasteiger partial charge in [0.05, 0.1) is 11.2 Å². The summed E-state index contributed by atoms with van der Waals surface area (Å²) in [6, 6.07) is 14.8. The van der Waals surface area contributed by atoms with Gasteiger partial charge in [0.1, 0.15) is 11.6 Å². The Bertz CT molecular complexity index is 876. The Labute approximate surface area is 153 Å². The summed E-state index contributed by atoms with van der Waals surface area (Å²) in [4.78, 5) is 20.5. The van der Waals surface area contributed by atoms with Crippen LogP contribution in [0.3, 0.4) is 0 Å². The van der Waals surface area contributed by atoms with E-state index in [1.165, 1.54) is 30.1 Å². The van der Waals surface area contributed by atoms with Gasteiger partial charge < -0.3 is 4.74 Å². The van der Waals surface area contributed by atoms with Crippen LogP contribution < -0.4 is 4.74 Å². The maximum atomic E-state index is 12.9. The average molecular weight is 375 g/mol. The zero-order valence-corrected chi connectivity index (χ0v) is 14.4. The number of carbonyl (C=O) groups excluding carboxylic acids is 1. The summed E-state index contributed by atoms with van der Waals surface area (Å²) in [6.07, 6.45) is 1.36. The van der Waals surface area contributed by atoms with E-state index in [1.807, 2.05) is 6.07 Å². The molecule has 126 valence electrons. The van der Waals surface area contributed by atoms with Crippen molar-refractivity contribution < 1.29 is 13.9 Å². The highest BCUT2D eigenvalue weighted by Gasteiger charge is 2.17. The number of halogens is 2. The van der Waals surface area contributed by atoms with Crippen molar-refractivity contribution in [3.05, 3.63) is 82.9 Å². The normalized spacial score (nSPS) is 10.5. The maximum absolute atomic E-state index is 12.9. The molecule has 25 heavy (non-hydrogen) atoms. The molecule has 0 radical (unpaired) electrons. The smallest absolute Gasteiger partial charge is 0.364 e. The summed E-state index contributed by atoms with van der Waals surface area (Å²) in [5.74, 6) is 0.00194. The molecule has 3 rings (SSSR count). The number of esters is 1. The molecule has 1 aromatic heterocycles. The van der Waals surface area contributed by atoms with Gasteiger partial charge in [-0.2, -0.15) is 0 Å². The van der Waals surface area contributed by atoms with Gasteiger partial charge in [-0.05, 0) is 29.8 Å². The van der Waals surface area contributed by atoms with Gasteiger partial charge in [-0.15, -0.1) is 0 Å². The monoisotopic (exact) mass is 374 g/mol. The Morgan fingerprint density at radius 3 is 2.56 bits per heavy atom. The fraction of sp³-hybridized carbons (Fsp3) is 0.0556. The molecule has 0 amide bonds. The standard InChI is InChI=1S/C18H12ClFN2O2S/c19-15-10-21-18(25-11-12-6-8-13(20)9-7-12)22-16(15)17(23)24-14-4-2-1-3-5-14/h1-10H,11H2. The van der Waals surface area contributed by atoms with Gasteiger partial charge >= 0.3 is 5.97 Å². The fourth-order valence-corrected chi connectivity index (χ4v) is 2.88. The minimum absolute atomic E-state index is 0.00197. The molecule has 1 heterocycles. The Morgan fingerprint density at radius 1 is 1.12 bits per heavy atom. The van der Waals surface area contributed by atoms with E-state index in [-0.39, 0.29) is 16.5 Å². The first-order chi connectivity index (χ1) is 12.1. The number of ether oxygens (including phenoxy) is 1. The van der Waals surface area contributed by atoms with Crippen LogP contribution in [0.2, 0.25) is 5.02 Å². The highest BCUT2D eigenvalue weighted by molar-refractivity contribution is 7.98. The highest BCUT2D eigenvalue weighted by atomic mass is 35.5. The molecule has 3 aromatic rings. The molecule has 2 aromatic carbocycles. The molecule has 0 aliphatic heterocycles. The summed E-state index contributed by atoms with van der Waals surface area (Å²) < 4.78 is 18.2. The molecule has 0 saturated carbocycles. The number of hydrogen-bond acceptors (Lipinski definition) is 5. The lowest BCUT2D eigenvalue weighted by molar-refractivity contribution is 0.0727. The predicted molar refractivity (Wildman–Crippen MR) is 94.4 cm³/mol. The van der Waals surface area contributed by atoms with Crippen LogP contribution in [0.1, 0.15) is 16.1 Å². The van der Waals surface area contributed by atoms with Gasteiger partial charge in [0.15, 0.2) is 10.9 Å². The van der Waals surface area contributed by atoms with Crippen LogP contribution in [-0.2, 0) is 5.75 Å². The van der Waals surface area contributed by atoms with Crippen LogP contribution in [0.15, 0.2) is 66.0 Å². The van der Waals surface area contributed by atoms with Gasteiger partial charge in [-0.3, -0.25) is 0 Å². The zero-order chi connectivity index (χ0) is 17.6. The van der Waals surface area contributed by atoms with E-state index in [0.29, 0.717) is 16.7 Å². The summed E-state index contributed by atoms with van der Waals surface area (Å²) >= 11 is 7.33. The number of para-hydroxylation sites is 1. The lowest BCUT2D eigenvalue weighted by Crippen LogP contribution is -2.12. The van der Waals surface area contributed by atoms with E-state index in [0.717, 1.165) is 5.56 Å². The lowest BCUT2D eigenvalue weighted by Gasteiger charge is -2.06. The molecule has 0 atom stereocenters. The van der Waals surface area contributed by atoms with E-state index >= 15 is 0 Å². The first-order valence-corrected chi connectivity index (χ1v) is 8.65. The number of nitrogens with zero attached hydrogens (tertiary/aromatic N) is 2. The van der Waals surface area contributed by atoms with E-state index in [1.54, 1.807) is 36.4 Å². The third-order valence-electron chi connectivity index (χ3n) is 3.15. The van der Waals surface area contributed by atoms with Gasteiger partial charge in [0, 0.05) is 5.75 Å². The summed E-state index contributed by atoms with van der Waals surface area (Å²) in [5.41, 5.74) is 0.917. The zero-order valence-electron chi connectivity index (χ0n) is 12.9. The molecule has 0 spiro atoms. The Balaban J connectivity index is 1.71. The van der Waals surface area contributed by atoms with Gasteiger partial charge in [0.2, 0.25) is 0 Å². The molecule has 4 nitrogen and oxygen atoms in total. The maximum Gasteiger partial charge on any atom is 0.364 e. The fourth-order valence-electron chi connectivity index (χ4n) is 1.94. The molecule has 0 aliphatic carbocycles. The number of thioether (sulfide) groups is 1. The van der Waals surface area contributed by atoms with Crippen LogP contribution in [0.25, 0.3) is 0 Å². The Hall–Kier alpha value is -2.44. The first-order valence-electron chi connectivity index (χ1n) is 7.29. The Morgan fingerprint density at radius 2 is 1.84 bits per heavy atom. The molecular weight excluding hydrogens is 363 g/mol. The second-order valence-electron chi connectivity index (χ2n) is 4.97. The number of rotatable bonds is 5. The van der Waals surface area contributed by atoms with Gasteiger partial charge in [-0.25, -0.2) is 19.2 Å². The van der Waals surface area contributed by atoms with Crippen molar-refractivity contribution in [1.29, 1.82) is 0 Å². The highest BCUT2D eigenvalue weighted by Crippen LogP contribution is 2.23. The van der Waals surface area contributed by atoms with Crippen LogP contribution in [-0.4, -0.2) is 15.9 Å². The largest absolute Gasteiger partial charge is 0.422 e. The second kappa shape index (κ2) is 8.09. The van der Waals surface area contributed by atoms with Crippen molar-refractivity contribution in [2.24, 2.45) is 0 Å². The minimum Gasteiger partial charge on any atom is -0.422 e. The molecule has 0 fully saturated rings. The van der Waals surface area contributed by atoms with E-state index in [4.69, 9.17) is 16.3 Å². The quantitative estimate of drug-likeness (QED) is 0.278. The topological polar surface area (TPSA) is 52.1 Å². The van der Waals surface area contributed by atoms with Crippen LogP contribution in [0, 0.1) is 5.82 Å². The van der Waals surface area contributed by atoms with Crippen molar-refractivity contribution in [3.63, 3.8) is 0 Å². The van der Waals surface area contributed by atoms with Crippen molar-refractivity contribution >= 4 is 29.3 Å². The summed E-state index contributed by atoms with van der Waals surface area (Å²) in [5, 5.41) is 0.501. The molecule has 0 unspecified atom stereocenters. The molecule has 7 heteroatoms. The third kappa shape index (κ3) is 4.78. The third-order valence-corrected chi connectivity index (χ3v) is 4.36. The number of hydrogen-bond donors (Lipinski definition) is 0. The van der Waals surface area contributed by atoms with Gasteiger partial charge in [0.25, 0.3) is 0 Å². The summed E-state index contributed by atoms with van der Waals surface area (Å²) in [6.45, 7) is 0. The number of aromatic nitrogens is 2. The first kappa shape index (κ1) is 17.4. The molecule has 0 saturated heterocycles.